The zero-order valence-electron chi connectivity index (χ0n) is 15.9. The van der Waals surface area contributed by atoms with Gasteiger partial charge in [-0.1, -0.05) is 12.1 Å². The van der Waals surface area contributed by atoms with E-state index in [1.165, 1.54) is 24.8 Å². The summed E-state index contributed by atoms with van der Waals surface area (Å²) in [6.07, 6.45) is 5.37. The van der Waals surface area contributed by atoms with Crippen LogP contribution in [0.2, 0.25) is 0 Å². The van der Waals surface area contributed by atoms with Crippen molar-refractivity contribution in [2.24, 2.45) is 0 Å². The van der Waals surface area contributed by atoms with Gasteiger partial charge in [-0.2, -0.15) is 4.73 Å². The molecule has 0 atom stereocenters. The van der Waals surface area contributed by atoms with Crippen LogP contribution in [0.3, 0.4) is 0 Å². The Morgan fingerprint density at radius 2 is 1.85 bits per heavy atom. The summed E-state index contributed by atoms with van der Waals surface area (Å²) in [6.45, 7) is 2.18. The number of hydrogen-bond acceptors (Lipinski definition) is 5. The molecule has 0 saturated heterocycles. The number of esters is 1. The van der Waals surface area contributed by atoms with Crippen molar-refractivity contribution < 1.29 is 23.7 Å². The van der Waals surface area contributed by atoms with E-state index < -0.39 is 5.97 Å². The number of nitrogens with zero attached hydrogens (tertiary/aromatic N) is 1. The van der Waals surface area contributed by atoms with Crippen LogP contribution in [0.5, 0.6) is 11.5 Å². The average Bonchev–Trinajstić information content (AvgIpc) is 2.70. The topological polar surface area (TPSA) is 71.7 Å². The van der Waals surface area contributed by atoms with Crippen molar-refractivity contribution in [2.75, 3.05) is 20.8 Å². The largest absolute Gasteiger partial charge is 0.618 e. The maximum atomic E-state index is 12.2. The first-order chi connectivity index (χ1) is 13.0. The van der Waals surface area contributed by atoms with Gasteiger partial charge in [0.1, 0.15) is 5.75 Å². The monoisotopic (exact) mass is 371 g/mol. The molecule has 0 bridgehead atoms. The maximum absolute atomic E-state index is 12.2. The van der Waals surface area contributed by atoms with Gasteiger partial charge in [0.15, 0.2) is 11.4 Å². The molecule has 0 aliphatic carbocycles. The summed E-state index contributed by atoms with van der Waals surface area (Å²) in [7, 11) is 2.94. The quantitative estimate of drug-likeness (QED) is 0.222. The van der Waals surface area contributed by atoms with Gasteiger partial charge >= 0.3 is 5.97 Å². The van der Waals surface area contributed by atoms with Crippen LogP contribution < -0.4 is 14.2 Å². The number of ether oxygens (including phenoxy) is 3. The summed E-state index contributed by atoms with van der Waals surface area (Å²) in [5, 5.41) is 12.2. The fourth-order valence-electron chi connectivity index (χ4n) is 2.53. The molecular weight excluding hydrogens is 346 g/mol. The minimum absolute atomic E-state index is 0.288. The zero-order valence-corrected chi connectivity index (χ0v) is 15.9. The summed E-state index contributed by atoms with van der Waals surface area (Å²) < 4.78 is 16.2. The lowest BCUT2D eigenvalue weighted by atomic mass is 10.1. The molecule has 0 unspecified atom stereocenters. The van der Waals surface area contributed by atoms with E-state index in [-0.39, 0.29) is 5.69 Å². The lowest BCUT2D eigenvalue weighted by Gasteiger charge is -2.11. The minimum Gasteiger partial charge on any atom is -0.618 e. The number of benzene rings is 1. The number of methoxy groups -OCH3 is 2. The van der Waals surface area contributed by atoms with E-state index >= 15 is 0 Å². The third kappa shape index (κ3) is 6.02. The van der Waals surface area contributed by atoms with E-state index in [0.29, 0.717) is 18.1 Å². The molecule has 0 amide bonds. The molecule has 0 fully saturated rings. The predicted molar refractivity (Wildman–Crippen MR) is 103 cm³/mol. The fraction of sp³-hybridized carbons (Fsp3) is 0.333. The molecule has 0 spiro atoms. The Morgan fingerprint density at radius 1 is 1.11 bits per heavy atom. The SMILES string of the molecule is COC(=O)/C=C/c1c(OCCCCc2ccc(OC)cc2)ccc(C)[n+]1[O-]. The zero-order chi connectivity index (χ0) is 19.6. The molecule has 27 heavy (non-hydrogen) atoms. The average molecular weight is 371 g/mol. The number of pyridine rings is 1. The van der Waals surface area contributed by atoms with Crippen molar-refractivity contribution in [3.63, 3.8) is 0 Å². The molecule has 0 N–H and O–H groups in total. The van der Waals surface area contributed by atoms with Gasteiger partial charge in [0.05, 0.1) is 20.8 Å². The van der Waals surface area contributed by atoms with Crippen molar-refractivity contribution in [1.82, 2.24) is 0 Å². The summed E-state index contributed by atoms with van der Waals surface area (Å²) in [6, 6.07) is 11.4. The molecule has 6 nitrogen and oxygen atoms in total. The molecule has 0 radical (unpaired) electrons. The van der Waals surface area contributed by atoms with Gasteiger partial charge in [-0.3, -0.25) is 0 Å². The van der Waals surface area contributed by atoms with E-state index in [1.54, 1.807) is 26.2 Å². The number of carbonyl (C=O) groups excluding carboxylic acids is 1. The van der Waals surface area contributed by atoms with Gasteiger partial charge in [0, 0.05) is 25.1 Å². The van der Waals surface area contributed by atoms with Crippen molar-refractivity contribution in [2.45, 2.75) is 26.2 Å². The maximum Gasteiger partial charge on any atom is 0.330 e. The normalized spacial score (nSPS) is 10.8. The summed E-state index contributed by atoms with van der Waals surface area (Å²) in [5.74, 6) is 0.766. The van der Waals surface area contributed by atoms with Crippen molar-refractivity contribution >= 4 is 12.0 Å². The second-order valence-electron chi connectivity index (χ2n) is 6.03. The predicted octanol–water partition coefficient (Wildman–Crippen LogP) is 3.22. The highest BCUT2D eigenvalue weighted by Gasteiger charge is 2.14. The van der Waals surface area contributed by atoms with E-state index in [0.717, 1.165) is 29.7 Å². The smallest absolute Gasteiger partial charge is 0.330 e. The number of hydrogen-bond donors (Lipinski definition) is 0. The Balaban J connectivity index is 1.90. The van der Waals surface area contributed by atoms with E-state index in [2.05, 4.69) is 16.9 Å². The van der Waals surface area contributed by atoms with Crippen LogP contribution in [0.15, 0.2) is 42.5 Å². The van der Waals surface area contributed by atoms with Gasteiger partial charge in [-0.15, -0.1) is 0 Å². The minimum atomic E-state index is -0.526. The van der Waals surface area contributed by atoms with Crippen LogP contribution in [0, 0.1) is 12.1 Å². The summed E-state index contributed by atoms with van der Waals surface area (Å²) >= 11 is 0. The van der Waals surface area contributed by atoms with Crippen LogP contribution in [-0.2, 0) is 16.0 Å². The Hall–Kier alpha value is -3.02. The second kappa shape index (κ2) is 10.2. The van der Waals surface area contributed by atoms with Crippen LogP contribution in [0.1, 0.15) is 29.8 Å². The lowest BCUT2D eigenvalue weighted by Crippen LogP contribution is -2.34. The van der Waals surface area contributed by atoms with Crippen LogP contribution >= 0.6 is 0 Å². The van der Waals surface area contributed by atoms with Gasteiger partial charge in [-0.25, -0.2) is 4.79 Å². The third-order valence-electron chi connectivity index (χ3n) is 4.12. The van der Waals surface area contributed by atoms with Gasteiger partial charge in [-0.05, 0) is 43.0 Å². The number of aromatic nitrogens is 1. The molecule has 0 aliphatic heterocycles. The van der Waals surface area contributed by atoms with Crippen LogP contribution in [-0.4, -0.2) is 26.8 Å². The number of carbonyl (C=O) groups is 1. The molecule has 144 valence electrons. The molecule has 1 heterocycles. The molecule has 0 aliphatic rings. The number of aryl methyl sites for hydroxylation is 2. The van der Waals surface area contributed by atoms with Crippen LogP contribution in [0.25, 0.3) is 6.08 Å². The Bertz CT molecular complexity index is 784. The molecule has 2 aromatic rings. The first-order valence-corrected chi connectivity index (χ1v) is 8.80. The molecule has 6 heteroatoms. The summed E-state index contributed by atoms with van der Waals surface area (Å²) in [5.41, 5.74) is 2.05. The van der Waals surface area contributed by atoms with Crippen molar-refractivity contribution in [3.8, 4) is 11.5 Å². The lowest BCUT2D eigenvalue weighted by molar-refractivity contribution is -0.614. The van der Waals surface area contributed by atoms with Gasteiger partial charge in [0.25, 0.3) is 5.69 Å². The van der Waals surface area contributed by atoms with E-state index in [1.807, 2.05) is 12.1 Å². The second-order valence-corrected chi connectivity index (χ2v) is 6.03. The first-order valence-electron chi connectivity index (χ1n) is 8.80. The molecule has 0 saturated carbocycles. The molecule has 1 aromatic heterocycles. The molecule has 2 rings (SSSR count). The van der Waals surface area contributed by atoms with E-state index in [9.17, 15) is 10.0 Å². The number of rotatable bonds is 9. The first kappa shape index (κ1) is 20.3. The fourth-order valence-corrected chi connectivity index (χ4v) is 2.53. The summed E-state index contributed by atoms with van der Waals surface area (Å²) in [4.78, 5) is 11.3. The molecule has 1 aromatic carbocycles. The highest BCUT2D eigenvalue weighted by molar-refractivity contribution is 5.86. The molecular formula is C21H25NO5. The van der Waals surface area contributed by atoms with Gasteiger partial charge in [0.2, 0.25) is 0 Å². The third-order valence-corrected chi connectivity index (χ3v) is 4.12. The van der Waals surface area contributed by atoms with Crippen molar-refractivity contribution in [3.05, 3.63) is 64.6 Å². The highest BCUT2D eigenvalue weighted by atomic mass is 16.5. The van der Waals surface area contributed by atoms with E-state index in [4.69, 9.17) is 9.47 Å². The number of unbranched alkanes of at least 4 members (excludes halogenated alkanes) is 1. The standard InChI is InChI=1S/C21H25NO5/c1-16-7-13-20(19(22(16)24)12-14-21(23)26-3)27-15-5-4-6-17-8-10-18(25-2)11-9-17/h7-14H,4-6,15H2,1-3H3/b14-12+. The Morgan fingerprint density at radius 3 is 2.52 bits per heavy atom. The Kier molecular flexibility index (Phi) is 7.67. The Labute approximate surface area is 159 Å². The van der Waals surface area contributed by atoms with Gasteiger partial charge < -0.3 is 19.4 Å². The van der Waals surface area contributed by atoms with Crippen molar-refractivity contribution in [1.29, 1.82) is 0 Å². The van der Waals surface area contributed by atoms with Crippen LogP contribution in [0.4, 0.5) is 0 Å². The highest BCUT2D eigenvalue weighted by Crippen LogP contribution is 2.18.